The predicted octanol–water partition coefficient (Wildman–Crippen LogP) is 3.50. The minimum atomic E-state index is 0.0643. The molecule has 0 aliphatic carbocycles. The van der Waals surface area contributed by atoms with Gasteiger partial charge in [0.1, 0.15) is 5.75 Å². The number of carbonyl (C=O) groups excluding carboxylic acids is 1. The van der Waals surface area contributed by atoms with E-state index in [1.165, 1.54) is 11.3 Å². The average Bonchev–Trinajstić information content (AvgIpc) is 3.20. The molecule has 3 heterocycles. The minimum Gasteiger partial charge on any atom is -0.497 e. The zero-order valence-corrected chi connectivity index (χ0v) is 18.5. The van der Waals surface area contributed by atoms with E-state index in [0.29, 0.717) is 39.4 Å². The monoisotopic (exact) mass is 432 g/mol. The molecule has 1 saturated heterocycles. The first-order valence-corrected chi connectivity index (χ1v) is 11.0. The number of nitrogens with zero attached hydrogens (tertiary/aromatic N) is 4. The molecule has 1 fully saturated rings. The molecule has 2 aliphatic heterocycles. The van der Waals surface area contributed by atoms with Crippen LogP contribution in [0.15, 0.2) is 54.6 Å². The number of morpholine rings is 1. The van der Waals surface area contributed by atoms with E-state index in [2.05, 4.69) is 24.3 Å². The molecule has 1 atom stereocenters. The van der Waals surface area contributed by atoms with Gasteiger partial charge in [-0.15, -0.1) is 0 Å². The average molecular weight is 433 g/mol. The van der Waals surface area contributed by atoms with Crippen molar-refractivity contribution in [2.24, 2.45) is 7.05 Å². The van der Waals surface area contributed by atoms with Gasteiger partial charge < -0.3 is 19.3 Å². The van der Waals surface area contributed by atoms with Gasteiger partial charge in [-0.2, -0.15) is 5.10 Å². The van der Waals surface area contributed by atoms with Crippen molar-refractivity contribution in [3.8, 4) is 17.0 Å². The van der Waals surface area contributed by atoms with Gasteiger partial charge in [0.25, 0.3) is 0 Å². The molecule has 166 valence electrons. The number of carbonyl (C=O) groups is 1. The maximum absolute atomic E-state index is 13.4. The number of rotatable bonds is 3. The van der Waals surface area contributed by atoms with E-state index in [4.69, 9.17) is 14.6 Å². The Morgan fingerprint density at radius 3 is 2.44 bits per heavy atom. The standard InChI is InChI=1S/C25H28N4O3/c1-27-24-21(18-6-4-3-5-7-18)16-29(25(30)28-12-14-32-15-13-28)17-22(24)23(26-27)19-8-10-20(31-2)11-9-19/h3-11,21H,12-17H2,1-2H3. The Bertz CT molecular complexity index is 1090. The lowest BCUT2D eigenvalue weighted by atomic mass is 9.87. The quantitative estimate of drug-likeness (QED) is 0.636. The molecule has 2 aliphatic rings. The highest BCUT2D eigenvalue weighted by atomic mass is 16.5. The van der Waals surface area contributed by atoms with Crippen LogP contribution in [0, 0.1) is 0 Å². The van der Waals surface area contributed by atoms with Gasteiger partial charge in [0.2, 0.25) is 0 Å². The van der Waals surface area contributed by atoms with Crippen molar-refractivity contribution in [3.63, 3.8) is 0 Å². The largest absolute Gasteiger partial charge is 0.497 e. The molecule has 3 aromatic rings. The Labute approximate surface area is 188 Å². The molecule has 32 heavy (non-hydrogen) atoms. The van der Waals surface area contributed by atoms with Crippen LogP contribution in [0.2, 0.25) is 0 Å². The van der Waals surface area contributed by atoms with Crippen molar-refractivity contribution >= 4 is 6.03 Å². The third-order valence-corrected chi connectivity index (χ3v) is 6.39. The molecule has 2 aromatic carbocycles. The minimum absolute atomic E-state index is 0.0643. The molecule has 2 amide bonds. The smallest absolute Gasteiger partial charge is 0.320 e. The molecule has 1 aromatic heterocycles. The van der Waals surface area contributed by atoms with Crippen molar-refractivity contribution in [1.29, 1.82) is 0 Å². The molecular formula is C25H28N4O3. The first-order valence-electron chi connectivity index (χ1n) is 11.0. The Hall–Kier alpha value is -3.32. The first-order chi connectivity index (χ1) is 15.7. The first kappa shape index (κ1) is 20.6. The van der Waals surface area contributed by atoms with Crippen LogP contribution in [0.1, 0.15) is 22.7 Å². The fraction of sp³-hybridized carbons (Fsp3) is 0.360. The van der Waals surface area contributed by atoms with E-state index in [1.807, 2.05) is 51.9 Å². The highest BCUT2D eigenvalue weighted by Crippen LogP contribution is 2.38. The molecule has 0 N–H and O–H groups in total. The molecule has 7 nitrogen and oxygen atoms in total. The molecule has 5 rings (SSSR count). The molecule has 1 unspecified atom stereocenters. The SMILES string of the molecule is COc1ccc(-c2nn(C)c3c2CN(C(=O)N2CCOCC2)CC3c2ccccc2)cc1. The number of amides is 2. The zero-order valence-electron chi connectivity index (χ0n) is 18.5. The van der Waals surface area contributed by atoms with Crippen LogP contribution in [0.5, 0.6) is 5.75 Å². The fourth-order valence-corrected chi connectivity index (χ4v) is 4.76. The van der Waals surface area contributed by atoms with Crippen LogP contribution in [0.4, 0.5) is 4.79 Å². The van der Waals surface area contributed by atoms with E-state index in [9.17, 15) is 4.79 Å². The fourth-order valence-electron chi connectivity index (χ4n) is 4.76. The van der Waals surface area contributed by atoms with Crippen LogP contribution in [0.3, 0.4) is 0 Å². The highest BCUT2D eigenvalue weighted by molar-refractivity contribution is 5.76. The van der Waals surface area contributed by atoms with Crippen molar-refractivity contribution < 1.29 is 14.3 Å². The van der Waals surface area contributed by atoms with Gasteiger partial charge in [0.05, 0.1) is 38.3 Å². The van der Waals surface area contributed by atoms with Gasteiger partial charge in [0, 0.05) is 43.7 Å². The van der Waals surface area contributed by atoms with Gasteiger partial charge in [-0.1, -0.05) is 30.3 Å². The van der Waals surface area contributed by atoms with Crippen LogP contribution in [0.25, 0.3) is 11.3 Å². The lowest BCUT2D eigenvalue weighted by Crippen LogP contribution is -2.50. The second-order valence-electron chi connectivity index (χ2n) is 8.29. The number of ether oxygens (including phenoxy) is 2. The van der Waals surface area contributed by atoms with Crippen molar-refractivity contribution in [3.05, 3.63) is 71.4 Å². The summed E-state index contributed by atoms with van der Waals surface area (Å²) in [6.07, 6.45) is 0. The number of methoxy groups -OCH3 is 1. The maximum Gasteiger partial charge on any atom is 0.320 e. The summed E-state index contributed by atoms with van der Waals surface area (Å²) in [5.41, 5.74) is 5.42. The number of hydrogen-bond donors (Lipinski definition) is 0. The molecule has 0 bridgehead atoms. The van der Waals surface area contributed by atoms with Gasteiger partial charge in [-0.3, -0.25) is 4.68 Å². The number of fused-ring (bicyclic) bond motifs is 1. The maximum atomic E-state index is 13.4. The Kier molecular flexibility index (Phi) is 5.57. The van der Waals surface area contributed by atoms with Gasteiger partial charge in [0.15, 0.2) is 0 Å². The summed E-state index contributed by atoms with van der Waals surface area (Å²) in [6.45, 7) is 3.64. The lowest BCUT2D eigenvalue weighted by Gasteiger charge is -2.38. The second-order valence-corrected chi connectivity index (χ2v) is 8.29. The Balaban J connectivity index is 1.57. The van der Waals surface area contributed by atoms with Gasteiger partial charge >= 0.3 is 6.03 Å². The van der Waals surface area contributed by atoms with Crippen molar-refractivity contribution in [1.82, 2.24) is 19.6 Å². The summed E-state index contributed by atoms with van der Waals surface area (Å²) in [7, 11) is 3.67. The number of benzene rings is 2. The van der Waals surface area contributed by atoms with Crippen LogP contribution < -0.4 is 4.74 Å². The Morgan fingerprint density at radius 1 is 1.03 bits per heavy atom. The van der Waals surface area contributed by atoms with Crippen LogP contribution >= 0.6 is 0 Å². The molecular weight excluding hydrogens is 404 g/mol. The second kappa shape index (κ2) is 8.67. The zero-order chi connectivity index (χ0) is 22.1. The molecule has 0 saturated carbocycles. The Morgan fingerprint density at radius 2 is 1.75 bits per heavy atom. The van der Waals surface area contributed by atoms with Crippen LogP contribution in [-0.4, -0.2) is 65.6 Å². The highest BCUT2D eigenvalue weighted by Gasteiger charge is 2.36. The van der Waals surface area contributed by atoms with Crippen molar-refractivity contribution in [2.75, 3.05) is 40.0 Å². The third-order valence-electron chi connectivity index (χ3n) is 6.39. The third kappa shape index (κ3) is 3.73. The molecule has 0 radical (unpaired) electrons. The summed E-state index contributed by atoms with van der Waals surface area (Å²) >= 11 is 0. The van der Waals surface area contributed by atoms with Gasteiger partial charge in [-0.05, 0) is 29.8 Å². The number of aromatic nitrogens is 2. The van der Waals surface area contributed by atoms with E-state index in [-0.39, 0.29) is 11.9 Å². The summed E-state index contributed by atoms with van der Waals surface area (Å²) in [6, 6.07) is 18.4. The van der Waals surface area contributed by atoms with E-state index in [1.54, 1.807) is 7.11 Å². The van der Waals surface area contributed by atoms with E-state index < -0.39 is 0 Å². The topological polar surface area (TPSA) is 59.8 Å². The number of urea groups is 1. The summed E-state index contributed by atoms with van der Waals surface area (Å²) in [5.74, 6) is 0.874. The predicted molar refractivity (Wildman–Crippen MR) is 122 cm³/mol. The van der Waals surface area contributed by atoms with Crippen molar-refractivity contribution in [2.45, 2.75) is 12.5 Å². The van der Waals surface area contributed by atoms with E-state index in [0.717, 1.165) is 22.6 Å². The van der Waals surface area contributed by atoms with Gasteiger partial charge in [-0.25, -0.2) is 4.79 Å². The summed E-state index contributed by atoms with van der Waals surface area (Å²) < 4.78 is 12.8. The lowest BCUT2D eigenvalue weighted by molar-refractivity contribution is 0.0416. The van der Waals surface area contributed by atoms with Crippen LogP contribution in [-0.2, 0) is 18.3 Å². The summed E-state index contributed by atoms with van der Waals surface area (Å²) in [5, 5.41) is 4.90. The number of aryl methyl sites for hydroxylation is 1. The number of hydrogen-bond acceptors (Lipinski definition) is 4. The molecule has 0 spiro atoms. The normalized spacial score (nSPS) is 18.4. The van der Waals surface area contributed by atoms with E-state index >= 15 is 0 Å². The summed E-state index contributed by atoms with van der Waals surface area (Å²) in [4.78, 5) is 17.3. The molecule has 7 heteroatoms.